The average Bonchev–Trinajstić information content (AvgIpc) is 2.54. The Morgan fingerprint density at radius 3 is 2.68 bits per heavy atom. The summed E-state index contributed by atoms with van der Waals surface area (Å²) in [4.78, 5) is 25.0. The summed E-state index contributed by atoms with van der Waals surface area (Å²) in [5.41, 5.74) is 0.704. The van der Waals surface area contributed by atoms with Gasteiger partial charge in [-0.15, -0.1) is 0 Å². The number of methoxy groups -OCH3 is 1. The molecule has 1 aromatic heterocycles. The molecule has 0 unspecified atom stereocenters. The maximum Gasteiger partial charge on any atom is 0.256 e. The molecular weight excluding hydrogens is 280 g/mol. The number of nitrogens with one attached hydrogen (secondary N) is 1. The van der Waals surface area contributed by atoms with Crippen LogP contribution in [0.25, 0.3) is 10.9 Å². The number of benzene rings is 1. The van der Waals surface area contributed by atoms with E-state index < -0.39 is 0 Å². The maximum absolute atomic E-state index is 12.6. The van der Waals surface area contributed by atoms with E-state index in [4.69, 9.17) is 4.74 Å². The van der Waals surface area contributed by atoms with E-state index in [2.05, 4.69) is 5.32 Å². The summed E-state index contributed by atoms with van der Waals surface area (Å²) in [6.07, 6.45) is 2.45. The Morgan fingerprint density at radius 1 is 1.36 bits per heavy atom. The van der Waals surface area contributed by atoms with Crippen molar-refractivity contribution in [1.82, 2.24) is 9.88 Å². The summed E-state index contributed by atoms with van der Waals surface area (Å²) in [6.45, 7) is 6.55. The quantitative estimate of drug-likeness (QED) is 0.923. The first-order chi connectivity index (χ1) is 10.5. The average molecular weight is 302 g/mol. The van der Waals surface area contributed by atoms with Crippen LogP contribution < -0.4 is 15.5 Å². The van der Waals surface area contributed by atoms with Crippen molar-refractivity contribution in [2.45, 2.75) is 39.8 Å². The van der Waals surface area contributed by atoms with E-state index in [0.29, 0.717) is 17.7 Å². The van der Waals surface area contributed by atoms with Crippen molar-refractivity contribution in [1.29, 1.82) is 0 Å². The second-order valence-electron chi connectivity index (χ2n) is 5.32. The van der Waals surface area contributed by atoms with Crippen molar-refractivity contribution in [3.05, 3.63) is 40.2 Å². The maximum atomic E-state index is 12.6. The summed E-state index contributed by atoms with van der Waals surface area (Å²) in [7, 11) is 1.55. The predicted molar refractivity (Wildman–Crippen MR) is 87.7 cm³/mol. The minimum Gasteiger partial charge on any atom is -0.497 e. The van der Waals surface area contributed by atoms with Crippen LogP contribution in [0.5, 0.6) is 5.75 Å². The molecule has 2 aromatic rings. The van der Waals surface area contributed by atoms with Crippen molar-refractivity contribution in [2.75, 3.05) is 7.11 Å². The van der Waals surface area contributed by atoms with Crippen molar-refractivity contribution >= 4 is 16.8 Å². The molecule has 1 heterocycles. The monoisotopic (exact) mass is 302 g/mol. The van der Waals surface area contributed by atoms with Crippen LogP contribution >= 0.6 is 0 Å². The van der Waals surface area contributed by atoms with Gasteiger partial charge in [0, 0.05) is 18.8 Å². The second-order valence-corrected chi connectivity index (χ2v) is 5.32. The molecule has 118 valence electrons. The van der Waals surface area contributed by atoms with Gasteiger partial charge in [0.2, 0.25) is 5.43 Å². The number of ether oxygens (including phenoxy) is 1. The smallest absolute Gasteiger partial charge is 0.256 e. The number of carbonyl (C=O) groups is 1. The fourth-order valence-corrected chi connectivity index (χ4v) is 2.33. The van der Waals surface area contributed by atoms with E-state index in [-0.39, 0.29) is 22.9 Å². The van der Waals surface area contributed by atoms with E-state index >= 15 is 0 Å². The highest BCUT2D eigenvalue weighted by Gasteiger charge is 2.16. The van der Waals surface area contributed by atoms with Gasteiger partial charge >= 0.3 is 0 Å². The van der Waals surface area contributed by atoms with Gasteiger partial charge in [-0.05, 0) is 38.5 Å². The normalized spacial score (nSPS) is 12.2. The number of rotatable bonds is 5. The third-order valence-corrected chi connectivity index (χ3v) is 3.86. The van der Waals surface area contributed by atoms with Crippen LogP contribution in [0.3, 0.4) is 0 Å². The topological polar surface area (TPSA) is 60.3 Å². The number of nitrogens with zero attached hydrogens (tertiary/aromatic N) is 1. The molecule has 2 rings (SSSR count). The summed E-state index contributed by atoms with van der Waals surface area (Å²) >= 11 is 0. The van der Waals surface area contributed by atoms with Gasteiger partial charge in [-0.1, -0.05) is 6.92 Å². The molecule has 0 aliphatic heterocycles. The van der Waals surface area contributed by atoms with Crippen LogP contribution in [0, 0.1) is 0 Å². The Bertz CT molecular complexity index is 749. The Balaban J connectivity index is 2.62. The van der Waals surface area contributed by atoms with Crippen LogP contribution in [0.2, 0.25) is 0 Å². The molecule has 0 aliphatic rings. The SMILES string of the molecule is CC[C@H](C)NC(=O)c1cn(CC)c2ccc(OC)cc2c1=O. The van der Waals surface area contributed by atoms with Gasteiger partial charge in [0.05, 0.1) is 18.0 Å². The number of hydrogen-bond acceptors (Lipinski definition) is 3. The third-order valence-electron chi connectivity index (χ3n) is 3.86. The molecule has 0 saturated carbocycles. The number of fused-ring (bicyclic) bond motifs is 1. The Morgan fingerprint density at radius 2 is 2.09 bits per heavy atom. The molecule has 0 radical (unpaired) electrons. The molecule has 0 saturated heterocycles. The van der Waals surface area contributed by atoms with Crippen LogP contribution in [0.4, 0.5) is 0 Å². The molecule has 0 bridgehead atoms. The standard InChI is InChI=1S/C17H22N2O3/c1-5-11(3)18-17(21)14-10-19(6-2)15-8-7-12(22-4)9-13(15)16(14)20/h7-11H,5-6H2,1-4H3,(H,18,21)/t11-/m0/s1. The zero-order valence-corrected chi connectivity index (χ0v) is 13.5. The lowest BCUT2D eigenvalue weighted by Crippen LogP contribution is -2.35. The lowest BCUT2D eigenvalue weighted by atomic mass is 10.1. The lowest BCUT2D eigenvalue weighted by Gasteiger charge is -2.14. The van der Waals surface area contributed by atoms with Crippen molar-refractivity contribution in [2.24, 2.45) is 0 Å². The van der Waals surface area contributed by atoms with E-state index in [1.807, 2.05) is 37.5 Å². The minimum absolute atomic E-state index is 0.0305. The number of aromatic nitrogens is 1. The van der Waals surface area contributed by atoms with Gasteiger partial charge in [-0.25, -0.2) is 0 Å². The van der Waals surface area contributed by atoms with E-state index in [0.717, 1.165) is 11.9 Å². The molecule has 5 heteroatoms. The summed E-state index contributed by atoms with van der Waals surface area (Å²) in [5.74, 6) is 0.276. The highest BCUT2D eigenvalue weighted by molar-refractivity contribution is 5.97. The number of pyridine rings is 1. The molecule has 1 aromatic carbocycles. The molecule has 22 heavy (non-hydrogen) atoms. The van der Waals surface area contributed by atoms with Crippen LogP contribution in [-0.4, -0.2) is 23.6 Å². The summed E-state index contributed by atoms with van der Waals surface area (Å²) in [6, 6.07) is 5.37. The van der Waals surface area contributed by atoms with Crippen LogP contribution in [0.1, 0.15) is 37.6 Å². The second kappa shape index (κ2) is 6.64. The van der Waals surface area contributed by atoms with Crippen molar-refractivity contribution in [3.63, 3.8) is 0 Å². The van der Waals surface area contributed by atoms with Gasteiger partial charge in [0.1, 0.15) is 11.3 Å². The van der Waals surface area contributed by atoms with E-state index in [1.165, 1.54) is 0 Å². The number of carbonyl (C=O) groups excluding carboxylic acids is 1. The molecule has 1 amide bonds. The Labute approximate surface area is 129 Å². The third kappa shape index (κ3) is 2.98. The van der Waals surface area contributed by atoms with Crippen LogP contribution in [-0.2, 0) is 6.54 Å². The Kier molecular flexibility index (Phi) is 4.85. The zero-order valence-electron chi connectivity index (χ0n) is 13.5. The molecule has 1 atom stereocenters. The fraction of sp³-hybridized carbons (Fsp3) is 0.412. The number of aryl methyl sites for hydroxylation is 1. The van der Waals surface area contributed by atoms with Crippen LogP contribution in [0.15, 0.2) is 29.2 Å². The lowest BCUT2D eigenvalue weighted by molar-refractivity contribution is 0.0937. The number of hydrogen-bond donors (Lipinski definition) is 1. The molecule has 5 nitrogen and oxygen atoms in total. The fourth-order valence-electron chi connectivity index (χ4n) is 2.33. The molecule has 0 fully saturated rings. The highest BCUT2D eigenvalue weighted by atomic mass is 16.5. The summed E-state index contributed by atoms with van der Waals surface area (Å²) in [5, 5.41) is 3.35. The zero-order chi connectivity index (χ0) is 16.3. The first kappa shape index (κ1) is 16.1. The van der Waals surface area contributed by atoms with Crippen molar-refractivity contribution in [3.8, 4) is 5.75 Å². The number of amides is 1. The Hall–Kier alpha value is -2.30. The van der Waals surface area contributed by atoms with Gasteiger partial charge < -0.3 is 14.6 Å². The van der Waals surface area contributed by atoms with Gasteiger partial charge in [0.25, 0.3) is 5.91 Å². The molecular formula is C17H22N2O3. The predicted octanol–water partition coefficient (Wildman–Crippen LogP) is 2.56. The van der Waals surface area contributed by atoms with Gasteiger partial charge in [0.15, 0.2) is 0 Å². The first-order valence-corrected chi connectivity index (χ1v) is 7.53. The van der Waals surface area contributed by atoms with Crippen molar-refractivity contribution < 1.29 is 9.53 Å². The first-order valence-electron chi connectivity index (χ1n) is 7.53. The van der Waals surface area contributed by atoms with E-state index in [1.54, 1.807) is 19.4 Å². The molecule has 1 N–H and O–H groups in total. The minimum atomic E-state index is -0.328. The van der Waals surface area contributed by atoms with Gasteiger partial charge in [-0.3, -0.25) is 9.59 Å². The molecule has 0 aliphatic carbocycles. The highest BCUT2D eigenvalue weighted by Crippen LogP contribution is 2.19. The van der Waals surface area contributed by atoms with Gasteiger partial charge in [-0.2, -0.15) is 0 Å². The van der Waals surface area contributed by atoms with E-state index in [9.17, 15) is 9.59 Å². The summed E-state index contributed by atoms with van der Waals surface area (Å²) < 4.78 is 7.09. The molecule has 0 spiro atoms. The largest absolute Gasteiger partial charge is 0.497 e.